The monoisotopic (exact) mass is 513 g/mol. The third-order valence-corrected chi connectivity index (χ3v) is 6.18. The Hall–Kier alpha value is -4.19. The Labute approximate surface area is 209 Å². The van der Waals surface area contributed by atoms with Gasteiger partial charge in [-0.25, -0.2) is 24.1 Å². The fraction of sp³-hybridized carbons (Fsp3) is 0.280. The number of aryl methyl sites for hydroxylation is 1. The molecule has 0 aliphatic carbocycles. The molecule has 3 aromatic heterocycles. The Balaban J connectivity index is 1.49. The lowest BCUT2D eigenvalue weighted by Gasteiger charge is -2.32. The van der Waals surface area contributed by atoms with Gasteiger partial charge in [0.2, 0.25) is 5.95 Å². The first-order chi connectivity index (χ1) is 17.8. The molecule has 0 radical (unpaired) electrons. The Bertz CT molecular complexity index is 1440. The van der Waals surface area contributed by atoms with Crippen LogP contribution >= 0.6 is 0 Å². The number of benzene rings is 1. The van der Waals surface area contributed by atoms with E-state index in [0.29, 0.717) is 41.3 Å². The van der Waals surface area contributed by atoms with E-state index in [1.165, 1.54) is 29.4 Å². The molecule has 4 heterocycles. The molecule has 1 fully saturated rings. The van der Waals surface area contributed by atoms with Gasteiger partial charge in [0.05, 0.1) is 18.9 Å². The minimum Gasteiger partial charge on any atom is -0.480 e. The molecule has 1 atom stereocenters. The number of hydrogen-bond donors (Lipinski definition) is 1. The number of pyridine rings is 1. The molecule has 0 spiro atoms. The van der Waals surface area contributed by atoms with Crippen molar-refractivity contribution in [3.05, 3.63) is 71.7 Å². The van der Waals surface area contributed by atoms with Crippen molar-refractivity contribution in [3.8, 4) is 16.9 Å². The summed E-state index contributed by atoms with van der Waals surface area (Å²) >= 11 is 0. The van der Waals surface area contributed by atoms with Crippen molar-refractivity contribution in [2.75, 3.05) is 24.7 Å². The van der Waals surface area contributed by atoms with E-state index in [0.717, 1.165) is 0 Å². The summed E-state index contributed by atoms with van der Waals surface area (Å²) in [6.45, 7) is -0.536. The van der Waals surface area contributed by atoms with Gasteiger partial charge in [-0.3, -0.25) is 0 Å². The number of rotatable bonds is 7. The molecule has 9 nitrogen and oxygen atoms in total. The van der Waals surface area contributed by atoms with Gasteiger partial charge in [-0.1, -0.05) is 18.2 Å². The van der Waals surface area contributed by atoms with Crippen molar-refractivity contribution in [3.63, 3.8) is 0 Å². The number of carboxylic acids is 1. The number of morpholine rings is 1. The minimum atomic E-state index is -2.96. The van der Waals surface area contributed by atoms with Gasteiger partial charge in [0, 0.05) is 60.0 Å². The fourth-order valence-electron chi connectivity index (χ4n) is 4.35. The average molecular weight is 513 g/mol. The maximum absolute atomic E-state index is 15.1. The molecule has 4 aromatic rings. The zero-order valence-corrected chi connectivity index (χ0v) is 19.6. The number of ether oxygens (including phenoxy) is 2. The average Bonchev–Trinajstić information content (AvgIpc) is 3.18. The number of carboxylic acid groups (broad SMARTS) is 1. The van der Waals surface area contributed by atoms with E-state index in [1.807, 2.05) is 0 Å². The van der Waals surface area contributed by atoms with E-state index >= 15 is 4.39 Å². The lowest BCUT2D eigenvalue weighted by Crippen LogP contribution is -2.50. The molecule has 1 N–H and O–H groups in total. The standard InChI is InChI=1S/C25H22F3N5O4/c1-14-19(8-15-4-2-3-5-21(15)37-24(27)28)33-12-17(18(26)9-22(33)31-14)16-10-29-25(30-11-16)32-6-7-36-13-20(32)23(34)35/h2-5,9-12,20,24H,6-8,13H2,1H3,(H,34,35)/t20-/m0/s1. The molecule has 1 aromatic carbocycles. The van der Waals surface area contributed by atoms with Crippen LogP contribution in [0.2, 0.25) is 0 Å². The molecule has 0 bridgehead atoms. The second kappa shape index (κ2) is 10.1. The predicted molar refractivity (Wildman–Crippen MR) is 126 cm³/mol. The van der Waals surface area contributed by atoms with Crippen molar-refractivity contribution >= 4 is 17.6 Å². The first-order valence-electron chi connectivity index (χ1n) is 11.4. The SMILES string of the molecule is Cc1nc2cc(F)c(-c3cnc(N4CCOC[C@H]4C(=O)O)nc3)cn2c1Cc1ccccc1OC(F)F. The van der Waals surface area contributed by atoms with Crippen LogP contribution in [0.5, 0.6) is 5.75 Å². The fourth-order valence-corrected chi connectivity index (χ4v) is 4.35. The van der Waals surface area contributed by atoms with Crippen LogP contribution in [0.15, 0.2) is 48.9 Å². The van der Waals surface area contributed by atoms with Crippen LogP contribution in [-0.2, 0) is 16.0 Å². The second-order valence-electron chi connectivity index (χ2n) is 8.46. The second-order valence-corrected chi connectivity index (χ2v) is 8.46. The number of fused-ring (bicyclic) bond motifs is 1. The number of carbonyl (C=O) groups is 1. The van der Waals surface area contributed by atoms with Crippen molar-refractivity contribution in [1.82, 2.24) is 19.4 Å². The molecule has 0 amide bonds. The first kappa shape index (κ1) is 24.5. The van der Waals surface area contributed by atoms with Gasteiger partial charge in [-0.05, 0) is 13.0 Å². The number of halogens is 3. The summed E-state index contributed by atoms with van der Waals surface area (Å²) in [5.74, 6) is -1.33. The quantitative estimate of drug-likeness (QED) is 0.399. The Morgan fingerprint density at radius 2 is 2.03 bits per heavy atom. The molecule has 1 aliphatic heterocycles. The number of imidazole rings is 1. The van der Waals surface area contributed by atoms with Crippen molar-refractivity contribution in [2.45, 2.75) is 26.0 Å². The molecule has 1 saturated heterocycles. The topological polar surface area (TPSA) is 102 Å². The number of aliphatic carboxylic acids is 1. The number of alkyl halides is 2. The summed E-state index contributed by atoms with van der Waals surface area (Å²) in [7, 11) is 0. The third kappa shape index (κ3) is 4.92. The Morgan fingerprint density at radius 1 is 1.27 bits per heavy atom. The molecular weight excluding hydrogens is 491 g/mol. The Morgan fingerprint density at radius 3 is 2.76 bits per heavy atom. The molecule has 5 rings (SSSR count). The highest BCUT2D eigenvalue weighted by atomic mass is 19.3. The molecular formula is C25H22F3N5O4. The van der Waals surface area contributed by atoms with Gasteiger partial charge in [-0.2, -0.15) is 8.78 Å². The van der Waals surface area contributed by atoms with Crippen LogP contribution < -0.4 is 9.64 Å². The summed E-state index contributed by atoms with van der Waals surface area (Å²) in [6, 6.07) is 6.84. The highest BCUT2D eigenvalue weighted by Crippen LogP contribution is 2.29. The van der Waals surface area contributed by atoms with Crippen LogP contribution in [0.1, 0.15) is 17.0 Å². The zero-order valence-electron chi connectivity index (χ0n) is 19.6. The molecule has 0 unspecified atom stereocenters. The Kier molecular flexibility index (Phi) is 6.66. The van der Waals surface area contributed by atoms with E-state index in [1.54, 1.807) is 35.7 Å². The van der Waals surface area contributed by atoms with E-state index in [9.17, 15) is 18.7 Å². The van der Waals surface area contributed by atoms with Crippen molar-refractivity contribution in [2.24, 2.45) is 0 Å². The summed E-state index contributed by atoms with van der Waals surface area (Å²) in [5.41, 5.74) is 2.76. The molecule has 0 saturated carbocycles. The lowest BCUT2D eigenvalue weighted by molar-refractivity contribution is -0.141. The molecule has 12 heteroatoms. The highest BCUT2D eigenvalue weighted by molar-refractivity contribution is 5.78. The van der Waals surface area contributed by atoms with Gasteiger partial charge in [0.15, 0.2) is 6.04 Å². The first-order valence-corrected chi connectivity index (χ1v) is 11.4. The van der Waals surface area contributed by atoms with Gasteiger partial charge >= 0.3 is 12.6 Å². The van der Waals surface area contributed by atoms with E-state index in [-0.39, 0.29) is 30.3 Å². The maximum Gasteiger partial charge on any atom is 0.387 e. The summed E-state index contributed by atoms with van der Waals surface area (Å²) in [4.78, 5) is 26.1. The lowest BCUT2D eigenvalue weighted by atomic mass is 10.1. The van der Waals surface area contributed by atoms with Crippen LogP contribution in [0.4, 0.5) is 19.1 Å². The smallest absolute Gasteiger partial charge is 0.387 e. The number of nitrogens with zero attached hydrogens (tertiary/aromatic N) is 5. The third-order valence-electron chi connectivity index (χ3n) is 6.18. The van der Waals surface area contributed by atoms with Crippen LogP contribution in [0, 0.1) is 12.7 Å². The maximum atomic E-state index is 15.1. The van der Waals surface area contributed by atoms with E-state index < -0.39 is 24.4 Å². The molecule has 1 aliphatic rings. The normalized spacial score (nSPS) is 15.9. The van der Waals surface area contributed by atoms with Crippen LogP contribution in [0.25, 0.3) is 16.8 Å². The van der Waals surface area contributed by atoms with E-state index in [2.05, 4.69) is 19.7 Å². The van der Waals surface area contributed by atoms with Crippen LogP contribution in [-0.4, -0.2) is 62.8 Å². The predicted octanol–water partition coefficient (Wildman–Crippen LogP) is 3.72. The largest absolute Gasteiger partial charge is 0.480 e. The summed E-state index contributed by atoms with van der Waals surface area (Å²) < 4.78 is 52.4. The van der Waals surface area contributed by atoms with Gasteiger partial charge in [0.1, 0.15) is 17.2 Å². The number of para-hydroxylation sites is 1. The highest BCUT2D eigenvalue weighted by Gasteiger charge is 2.31. The number of aromatic nitrogens is 4. The van der Waals surface area contributed by atoms with Gasteiger partial charge in [0.25, 0.3) is 0 Å². The number of hydrogen-bond acceptors (Lipinski definition) is 7. The van der Waals surface area contributed by atoms with Gasteiger partial charge < -0.3 is 23.9 Å². The van der Waals surface area contributed by atoms with Gasteiger partial charge in [-0.15, -0.1) is 0 Å². The van der Waals surface area contributed by atoms with E-state index in [4.69, 9.17) is 4.74 Å². The zero-order chi connectivity index (χ0) is 26.1. The molecule has 37 heavy (non-hydrogen) atoms. The van der Waals surface area contributed by atoms with Crippen LogP contribution in [0.3, 0.4) is 0 Å². The number of anilines is 1. The van der Waals surface area contributed by atoms with Crippen molar-refractivity contribution in [1.29, 1.82) is 0 Å². The molecule has 192 valence electrons. The van der Waals surface area contributed by atoms with Crippen molar-refractivity contribution < 1.29 is 32.5 Å². The summed E-state index contributed by atoms with van der Waals surface area (Å²) in [5, 5.41) is 9.45. The minimum absolute atomic E-state index is 0.0139. The summed E-state index contributed by atoms with van der Waals surface area (Å²) in [6.07, 6.45) is 4.64.